The lowest BCUT2D eigenvalue weighted by molar-refractivity contribution is 0.177. The number of nitrogens with zero attached hydrogens (tertiary/aromatic N) is 2. The second-order valence-corrected chi connectivity index (χ2v) is 7.44. The highest BCUT2D eigenvalue weighted by Gasteiger charge is 2.26. The summed E-state index contributed by atoms with van der Waals surface area (Å²) in [6.07, 6.45) is 3.28. The summed E-state index contributed by atoms with van der Waals surface area (Å²) in [7, 11) is -2.13. The smallest absolute Gasteiger partial charge is 0.243 e. The van der Waals surface area contributed by atoms with Crippen molar-refractivity contribution in [3.63, 3.8) is 0 Å². The Hall–Kier alpha value is -1.47. The van der Waals surface area contributed by atoms with Crippen LogP contribution in [0, 0.1) is 6.92 Å². The van der Waals surface area contributed by atoms with Gasteiger partial charge in [0, 0.05) is 37.6 Å². The Kier molecular flexibility index (Phi) is 6.12. The van der Waals surface area contributed by atoms with E-state index >= 15 is 0 Å². The fourth-order valence-electron chi connectivity index (χ4n) is 2.16. The van der Waals surface area contributed by atoms with Crippen molar-refractivity contribution in [1.29, 1.82) is 0 Å². The first kappa shape index (κ1) is 17.9. The summed E-state index contributed by atoms with van der Waals surface area (Å²) in [5, 5.41) is 0.393. The first-order valence-electron chi connectivity index (χ1n) is 7.09. The van der Waals surface area contributed by atoms with Crippen LogP contribution in [0.2, 0.25) is 5.02 Å². The van der Waals surface area contributed by atoms with Gasteiger partial charge in [-0.15, -0.1) is 0 Å². The molecule has 0 aliphatic carbocycles. The molecule has 7 heteroatoms. The number of methoxy groups -OCH3 is 1. The van der Waals surface area contributed by atoms with Gasteiger partial charge in [0.25, 0.3) is 0 Å². The number of halogens is 1. The van der Waals surface area contributed by atoms with E-state index in [1.165, 1.54) is 10.4 Å². The Morgan fingerprint density at radius 3 is 2.57 bits per heavy atom. The van der Waals surface area contributed by atoms with E-state index in [-0.39, 0.29) is 18.0 Å². The number of aromatic nitrogens is 1. The molecule has 0 atom stereocenters. The zero-order valence-corrected chi connectivity index (χ0v) is 14.6. The molecule has 0 saturated heterocycles. The number of rotatable bonds is 7. The fraction of sp³-hybridized carbons (Fsp3) is 0.312. The van der Waals surface area contributed by atoms with Gasteiger partial charge in [0.05, 0.1) is 11.5 Å². The van der Waals surface area contributed by atoms with Gasteiger partial charge in [0.2, 0.25) is 10.0 Å². The zero-order chi connectivity index (χ0) is 16.9. The van der Waals surface area contributed by atoms with Gasteiger partial charge in [-0.2, -0.15) is 4.31 Å². The molecule has 0 amide bonds. The SMILES string of the molecule is COCCN(Cc1ccncc1)S(=O)(=O)c1cc(Cl)ccc1C. The number of benzene rings is 1. The number of aryl methyl sites for hydroxylation is 1. The summed E-state index contributed by atoms with van der Waals surface area (Å²) in [5.74, 6) is 0. The van der Waals surface area contributed by atoms with Crippen molar-refractivity contribution in [2.75, 3.05) is 20.3 Å². The van der Waals surface area contributed by atoms with E-state index in [0.29, 0.717) is 17.2 Å². The van der Waals surface area contributed by atoms with Crippen molar-refractivity contribution in [3.8, 4) is 0 Å². The molecule has 0 N–H and O–H groups in total. The van der Waals surface area contributed by atoms with Gasteiger partial charge in [-0.25, -0.2) is 8.42 Å². The minimum atomic E-state index is -3.68. The van der Waals surface area contributed by atoms with Gasteiger partial charge in [-0.1, -0.05) is 17.7 Å². The van der Waals surface area contributed by atoms with Crippen LogP contribution in [0.4, 0.5) is 0 Å². The average Bonchev–Trinajstić information content (AvgIpc) is 2.54. The van der Waals surface area contributed by atoms with E-state index in [1.54, 1.807) is 50.7 Å². The first-order valence-corrected chi connectivity index (χ1v) is 8.91. The van der Waals surface area contributed by atoms with Crippen molar-refractivity contribution in [3.05, 3.63) is 58.9 Å². The first-order chi connectivity index (χ1) is 10.9. The largest absolute Gasteiger partial charge is 0.383 e. The molecule has 0 radical (unpaired) electrons. The van der Waals surface area contributed by atoms with Gasteiger partial charge in [0.1, 0.15) is 0 Å². The van der Waals surface area contributed by atoms with Gasteiger partial charge in [0.15, 0.2) is 0 Å². The average molecular weight is 355 g/mol. The molecule has 1 aromatic carbocycles. The lowest BCUT2D eigenvalue weighted by Crippen LogP contribution is -2.34. The Bertz CT molecular complexity index is 751. The standard InChI is InChI=1S/C16H19ClN2O3S/c1-13-3-4-15(17)11-16(13)23(20,21)19(9-10-22-2)12-14-5-7-18-8-6-14/h3-8,11H,9-10,12H2,1-2H3. The third-order valence-corrected chi connectivity index (χ3v) is 5.64. The highest BCUT2D eigenvalue weighted by atomic mass is 35.5. The lowest BCUT2D eigenvalue weighted by Gasteiger charge is -2.23. The molecule has 0 spiro atoms. The van der Waals surface area contributed by atoms with Crippen LogP contribution >= 0.6 is 11.6 Å². The minimum absolute atomic E-state index is 0.218. The van der Waals surface area contributed by atoms with E-state index in [0.717, 1.165) is 5.56 Å². The fourth-order valence-corrected chi connectivity index (χ4v) is 4.06. The highest BCUT2D eigenvalue weighted by molar-refractivity contribution is 7.89. The zero-order valence-electron chi connectivity index (χ0n) is 13.1. The van der Waals surface area contributed by atoms with E-state index in [2.05, 4.69) is 4.98 Å². The van der Waals surface area contributed by atoms with Crippen molar-refractivity contribution in [1.82, 2.24) is 9.29 Å². The van der Waals surface area contributed by atoms with Crippen LogP contribution in [0.3, 0.4) is 0 Å². The molecule has 124 valence electrons. The van der Waals surface area contributed by atoms with Crippen LogP contribution in [0.1, 0.15) is 11.1 Å². The van der Waals surface area contributed by atoms with E-state index in [1.807, 2.05) is 0 Å². The van der Waals surface area contributed by atoms with Crippen LogP contribution in [0.15, 0.2) is 47.6 Å². The molecule has 0 unspecified atom stereocenters. The van der Waals surface area contributed by atoms with Crippen molar-refractivity contribution >= 4 is 21.6 Å². The summed E-state index contributed by atoms with van der Waals surface area (Å²) in [6.45, 7) is 2.57. The molecule has 23 heavy (non-hydrogen) atoms. The molecule has 0 fully saturated rings. The number of hydrogen-bond acceptors (Lipinski definition) is 4. The van der Waals surface area contributed by atoms with Gasteiger partial charge in [-0.3, -0.25) is 4.98 Å². The third-order valence-electron chi connectivity index (χ3n) is 3.42. The Balaban J connectivity index is 2.38. The van der Waals surface area contributed by atoms with Crippen molar-refractivity contribution < 1.29 is 13.2 Å². The lowest BCUT2D eigenvalue weighted by atomic mass is 10.2. The molecule has 0 saturated carbocycles. The van der Waals surface area contributed by atoms with Crippen molar-refractivity contribution in [2.24, 2.45) is 0 Å². The maximum atomic E-state index is 13.0. The molecule has 0 aliphatic heterocycles. The molecule has 0 bridgehead atoms. The Morgan fingerprint density at radius 2 is 1.91 bits per heavy atom. The van der Waals surface area contributed by atoms with Crippen LogP contribution < -0.4 is 0 Å². The van der Waals surface area contributed by atoms with Gasteiger partial charge < -0.3 is 4.74 Å². The quantitative estimate of drug-likeness (QED) is 0.767. The van der Waals surface area contributed by atoms with Crippen LogP contribution in [-0.2, 0) is 21.3 Å². The summed E-state index contributed by atoms with van der Waals surface area (Å²) in [5.41, 5.74) is 1.52. The van der Waals surface area contributed by atoms with Crippen LogP contribution in [0.5, 0.6) is 0 Å². The molecule has 1 heterocycles. The highest BCUT2D eigenvalue weighted by Crippen LogP contribution is 2.24. The Labute approximate surface area is 141 Å². The Morgan fingerprint density at radius 1 is 1.22 bits per heavy atom. The monoisotopic (exact) mass is 354 g/mol. The van der Waals surface area contributed by atoms with Crippen LogP contribution in [-0.4, -0.2) is 38.0 Å². The molecule has 2 aromatic rings. The maximum Gasteiger partial charge on any atom is 0.243 e. The summed E-state index contributed by atoms with van der Waals surface area (Å²) < 4.78 is 32.5. The normalized spacial score (nSPS) is 11.8. The topological polar surface area (TPSA) is 59.5 Å². The number of ether oxygens (including phenoxy) is 1. The van der Waals surface area contributed by atoms with E-state index < -0.39 is 10.0 Å². The molecule has 1 aromatic heterocycles. The maximum absolute atomic E-state index is 13.0. The second kappa shape index (κ2) is 7.88. The number of hydrogen-bond donors (Lipinski definition) is 0. The molecule has 0 aliphatic rings. The second-order valence-electron chi connectivity index (χ2n) is 5.10. The third kappa shape index (κ3) is 4.51. The predicted octanol–water partition coefficient (Wildman–Crippen LogP) is 2.88. The predicted molar refractivity (Wildman–Crippen MR) is 89.9 cm³/mol. The van der Waals surface area contributed by atoms with E-state index in [9.17, 15) is 8.42 Å². The molecular weight excluding hydrogens is 336 g/mol. The molecule has 2 rings (SSSR count). The minimum Gasteiger partial charge on any atom is -0.383 e. The van der Waals surface area contributed by atoms with Crippen LogP contribution in [0.25, 0.3) is 0 Å². The molecular formula is C16H19ClN2O3S. The summed E-state index contributed by atoms with van der Waals surface area (Å²) in [4.78, 5) is 4.17. The summed E-state index contributed by atoms with van der Waals surface area (Å²) >= 11 is 5.98. The van der Waals surface area contributed by atoms with Gasteiger partial charge >= 0.3 is 0 Å². The summed E-state index contributed by atoms with van der Waals surface area (Å²) in [6, 6.07) is 8.45. The van der Waals surface area contributed by atoms with Crippen molar-refractivity contribution in [2.45, 2.75) is 18.4 Å². The number of pyridine rings is 1. The number of sulfonamides is 1. The van der Waals surface area contributed by atoms with E-state index in [4.69, 9.17) is 16.3 Å². The molecule has 5 nitrogen and oxygen atoms in total. The van der Waals surface area contributed by atoms with Gasteiger partial charge in [-0.05, 0) is 42.3 Å².